The van der Waals surface area contributed by atoms with Crippen molar-refractivity contribution in [2.24, 2.45) is 0 Å². The summed E-state index contributed by atoms with van der Waals surface area (Å²) in [6.45, 7) is 8.49. The fourth-order valence-electron chi connectivity index (χ4n) is 5.32. The Morgan fingerprint density at radius 1 is 1.08 bits per heavy atom. The topological polar surface area (TPSA) is 60.8 Å². The van der Waals surface area contributed by atoms with Gasteiger partial charge in [0.25, 0.3) is 5.91 Å². The van der Waals surface area contributed by atoms with E-state index < -0.39 is 5.97 Å². The number of carbonyl (C=O) groups excluding carboxylic acids is 2. The lowest BCUT2D eigenvalue weighted by Gasteiger charge is -2.20. The van der Waals surface area contributed by atoms with Gasteiger partial charge in [-0.15, -0.1) is 0 Å². The predicted octanol–water partition coefficient (Wildman–Crippen LogP) is 5.97. The molecule has 0 saturated heterocycles. The maximum absolute atomic E-state index is 13.6. The molecule has 1 amide bonds. The monoisotopic (exact) mass is 488 g/mol. The Morgan fingerprint density at radius 3 is 2.53 bits per heavy atom. The molecule has 0 saturated carbocycles. The zero-order chi connectivity index (χ0) is 26.0. The molecule has 0 N–H and O–H groups in total. The quantitative estimate of drug-likeness (QED) is 0.274. The molecule has 0 bridgehead atoms. The van der Waals surface area contributed by atoms with Gasteiger partial charge in [0.15, 0.2) is 0 Å². The number of ether oxygens (including phenoxy) is 2. The SMILES string of the molecule is COC(=O)C1=C(C)N(CCC2=CCCCC2)C(=O)C1=Cc1cc(C)n(-c2cc(C)ccc2OC)c1C. The summed E-state index contributed by atoms with van der Waals surface area (Å²) in [4.78, 5) is 28.1. The minimum atomic E-state index is -0.486. The van der Waals surface area contributed by atoms with Crippen LogP contribution in [0.15, 0.2) is 52.8 Å². The number of hydrogen-bond donors (Lipinski definition) is 0. The van der Waals surface area contributed by atoms with Crippen LogP contribution in [0.4, 0.5) is 0 Å². The summed E-state index contributed by atoms with van der Waals surface area (Å²) < 4.78 is 12.8. The van der Waals surface area contributed by atoms with Crippen LogP contribution in [0.25, 0.3) is 11.8 Å². The highest BCUT2D eigenvalue weighted by Crippen LogP contribution is 2.35. The molecule has 1 aliphatic heterocycles. The van der Waals surface area contributed by atoms with Gasteiger partial charge in [-0.1, -0.05) is 17.7 Å². The van der Waals surface area contributed by atoms with Crippen molar-refractivity contribution < 1.29 is 19.1 Å². The number of nitrogens with zero attached hydrogens (tertiary/aromatic N) is 2. The molecule has 0 unspecified atom stereocenters. The van der Waals surface area contributed by atoms with Gasteiger partial charge < -0.3 is 18.9 Å². The van der Waals surface area contributed by atoms with Gasteiger partial charge in [-0.2, -0.15) is 0 Å². The molecule has 1 aromatic carbocycles. The second-order valence-electron chi connectivity index (χ2n) is 9.66. The molecule has 0 fully saturated rings. The fourth-order valence-corrected chi connectivity index (χ4v) is 5.32. The first-order chi connectivity index (χ1) is 17.3. The van der Waals surface area contributed by atoms with Crippen molar-refractivity contribution in [1.82, 2.24) is 9.47 Å². The molecule has 36 heavy (non-hydrogen) atoms. The Morgan fingerprint density at radius 2 is 1.86 bits per heavy atom. The first-order valence-corrected chi connectivity index (χ1v) is 12.6. The molecule has 2 aromatic rings. The molecular weight excluding hydrogens is 452 g/mol. The minimum Gasteiger partial charge on any atom is -0.495 e. The predicted molar refractivity (Wildman–Crippen MR) is 142 cm³/mol. The van der Waals surface area contributed by atoms with E-state index in [-0.39, 0.29) is 5.91 Å². The Labute approximate surface area is 213 Å². The molecule has 1 aromatic heterocycles. The molecule has 2 heterocycles. The van der Waals surface area contributed by atoms with Gasteiger partial charge in [0.05, 0.1) is 31.1 Å². The van der Waals surface area contributed by atoms with E-state index in [0.29, 0.717) is 23.4 Å². The summed E-state index contributed by atoms with van der Waals surface area (Å²) in [5.41, 5.74) is 7.70. The van der Waals surface area contributed by atoms with Gasteiger partial charge in [0, 0.05) is 23.6 Å². The third-order valence-corrected chi connectivity index (χ3v) is 7.29. The van der Waals surface area contributed by atoms with Crippen LogP contribution in [0.2, 0.25) is 0 Å². The third kappa shape index (κ3) is 4.77. The first kappa shape index (κ1) is 25.5. The highest BCUT2D eigenvalue weighted by molar-refractivity contribution is 6.16. The molecule has 4 rings (SSSR count). The van der Waals surface area contributed by atoms with E-state index in [9.17, 15) is 9.59 Å². The summed E-state index contributed by atoms with van der Waals surface area (Å²) in [5.74, 6) is 0.135. The van der Waals surface area contributed by atoms with Crippen molar-refractivity contribution >= 4 is 18.0 Å². The largest absolute Gasteiger partial charge is 0.495 e. The zero-order valence-corrected chi connectivity index (χ0v) is 22.2. The molecule has 6 heteroatoms. The number of methoxy groups -OCH3 is 2. The van der Waals surface area contributed by atoms with Crippen molar-refractivity contribution in [3.05, 3.63) is 75.3 Å². The second kappa shape index (κ2) is 10.6. The molecule has 2 aliphatic rings. The van der Waals surface area contributed by atoms with Crippen LogP contribution in [-0.4, -0.2) is 42.1 Å². The van der Waals surface area contributed by atoms with Gasteiger partial charge in [-0.25, -0.2) is 4.79 Å². The summed E-state index contributed by atoms with van der Waals surface area (Å²) >= 11 is 0. The molecule has 6 nitrogen and oxygen atoms in total. The van der Waals surface area contributed by atoms with Crippen molar-refractivity contribution in [1.29, 1.82) is 0 Å². The summed E-state index contributed by atoms with van der Waals surface area (Å²) in [7, 11) is 3.02. The zero-order valence-electron chi connectivity index (χ0n) is 22.2. The minimum absolute atomic E-state index is 0.151. The number of hydrogen-bond acceptors (Lipinski definition) is 4. The van der Waals surface area contributed by atoms with Crippen molar-refractivity contribution in [3.63, 3.8) is 0 Å². The van der Waals surface area contributed by atoms with Gasteiger partial charge in [-0.05, 0) is 95.2 Å². The fraction of sp³-hybridized carbons (Fsp3) is 0.400. The van der Waals surface area contributed by atoms with Crippen LogP contribution >= 0.6 is 0 Å². The van der Waals surface area contributed by atoms with Crippen LogP contribution in [0.5, 0.6) is 5.75 Å². The van der Waals surface area contributed by atoms with E-state index in [1.54, 1.807) is 12.0 Å². The third-order valence-electron chi connectivity index (χ3n) is 7.29. The van der Waals surface area contributed by atoms with Gasteiger partial charge in [-0.3, -0.25) is 4.79 Å². The van der Waals surface area contributed by atoms with Crippen molar-refractivity contribution in [2.75, 3.05) is 20.8 Å². The average Bonchev–Trinajstić information content (AvgIpc) is 3.28. The molecule has 0 spiro atoms. The lowest BCUT2D eigenvalue weighted by Crippen LogP contribution is -2.26. The van der Waals surface area contributed by atoms with Crippen LogP contribution in [0.3, 0.4) is 0 Å². The number of esters is 1. The number of aromatic nitrogens is 1. The second-order valence-corrected chi connectivity index (χ2v) is 9.66. The number of benzene rings is 1. The van der Waals surface area contributed by atoms with E-state index in [0.717, 1.165) is 53.2 Å². The number of carbonyl (C=O) groups is 2. The number of allylic oxidation sites excluding steroid dienone is 2. The van der Waals surface area contributed by atoms with E-state index in [2.05, 4.69) is 16.7 Å². The first-order valence-electron chi connectivity index (χ1n) is 12.6. The molecule has 190 valence electrons. The Bertz CT molecular complexity index is 1290. The van der Waals surface area contributed by atoms with Gasteiger partial charge >= 0.3 is 5.97 Å². The number of amides is 1. The average molecular weight is 489 g/mol. The number of aryl methyl sites for hydroxylation is 2. The Hall–Kier alpha value is -3.54. The van der Waals surface area contributed by atoms with E-state index in [1.165, 1.54) is 25.5 Å². The summed E-state index contributed by atoms with van der Waals surface area (Å²) in [6.07, 6.45) is 9.59. The molecule has 0 radical (unpaired) electrons. The van der Waals surface area contributed by atoms with Gasteiger partial charge in [0.2, 0.25) is 0 Å². The molecular formula is C30H36N2O4. The van der Waals surface area contributed by atoms with E-state index in [1.807, 2.05) is 52.0 Å². The lowest BCUT2D eigenvalue weighted by molar-refractivity contribution is -0.136. The molecule has 0 atom stereocenters. The Balaban J connectivity index is 1.73. The molecule has 1 aliphatic carbocycles. The van der Waals surface area contributed by atoms with Crippen LogP contribution in [0.1, 0.15) is 61.5 Å². The van der Waals surface area contributed by atoms with Crippen LogP contribution in [0, 0.1) is 20.8 Å². The van der Waals surface area contributed by atoms with Crippen molar-refractivity contribution in [3.8, 4) is 11.4 Å². The van der Waals surface area contributed by atoms with E-state index in [4.69, 9.17) is 9.47 Å². The van der Waals surface area contributed by atoms with Crippen LogP contribution < -0.4 is 4.74 Å². The van der Waals surface area contributed by atoms with E-state index >= 15 is 0 Å². The highest BCUT2D eigenvalue weighted by Gasteiger charge is 2.37. The van der Waals surface area contributed by atoms with Gasteiger partial charge in [0.1, 0.15) is 5.75 Å². The van der Waals surface area contributed by atoms with Crippen molar-refractivity contribution in [2.45, 2.75) is 59.8 Å². The maximum Gasteiger partial charge on any atom is 0.340 e. The highest BCUT2D eigenvalue weighted by atomic mass is 16.5. The van der Waals surface area contributed by atoms with Crippen LogP contribution in [-0.2, 0) is 14.3 Å². The summed E-state index contributed by atoms with van der Waals surface area (Å²) in [5, 5.41) is 0. The normalized spacial score (nSPS) is 17.2. The lowest BCUT2D eigenvalue weighted by atomic mass is 9.97. The summed E-state index contributed by atoms with van der Waals surface area (Å²) in [6, 6.07) is 8.10. The number of rotatable bonds is 7. The standard InChI is InChI=1S/C30H36N2O4/c1-19-12-13-27(35-5)26(16-19)32-20(2)17-24(21(32)3)18-25-28(30(34)36-6)22(4)31(29(25)33)15-14-23-10-8-7-9-11-23/h10,12-13,16-18H,7-9,11,14-15H2,1-6H3. The maximum atomic E-state index is 13.6. The Kier molecular flexibility index (Phi) is 7.53. The smallest absolute Gasteiger partial charge is 0.340 e.